The normalized spacial score (nSPS) is 26.0. The Balaban J connectivity index is 1.52. The number of ketones is 1. The molecule has 0 saturated carbocycles. The van der Waals surface area contributed by atoms with E-state index in [1.165, 1.54) is 0 Å². The van der Waals surface area contributed by atoms with Gasteiger partial charge in [0.2, 0.25) is 5.78 Å². The molecule has 11 heteroatoms. The second-order valence-electron chi connectivity index (χ2n) is 8.33. The van der Waals surface area contributed by atoms with Crippen molar-refractivity contribution in [2.45, 2.75) is 30.8 Å². The van der Waals surface area contributed by atoms with Crippen LogP contribution in [-0.4, -0.2) is 48.2 Å². The van der Waals surface area contributed by atoms with Gasteiger partial charge in [-0.05, 0) is 29.7 Å². The average molecular weight is 543 g/mol. The highest BCUT2D eigenvalue weighted by molar-refractivity contribution is 9.11. The Morgan fingerprint density at radius 1 is 1.14 bits per heavy atom. The zero-order valence-electron chi connectivity index (χ0n) is 18.9. The lowest BCUT2D eigenvalue weighted by molar-refractivity contribution is -0.463. The number of carbonyl (C=O) groups excluding carboxylic acids is 1. The number of hydrogen-bond donors (Lipinski definition) is 2. The van der Waals surface area contributed by atoms with Crippen molar-refractivity contribution in [1.29, 1.82) is 0 Å². The van der Waals surface area contributed by atoms with Crippen LogP contribution in [0.2, 0.25) is 0 Å². The van der Waals surface area contributed by atoms with E-state index < -0.39 is 28.7 Å². The summed E-state index contributed by atoms with van der Waals surface area (Å²) in [5.74, 6) is 0.224. The number of ether oxygens (including phenoxy) is 3. The van der Waals surface area contributed by atoms with Crippen LogP contribution in [-0.2, 0) is 9.53 Å². The first-order chi connectivity index (χ1) is 16.9. The highest BCUT2D eigenvalue weighted by Gasteiger charge is 2.49. The van der Waals surface area contributed by atoms with E-state index in [1.54, 1.807) is 14.2 Å². The lowest BCUT2D eigenvalue weighted by Crippen LogP contribution is -2.61. The summed E-state index contributed by atoms with van der Waals surface area (Å²) < 4.78 is 17.2. The maximum atomic E-state index is 12.6. The van der Waals surface area contributed by atoms with E-state index in [0.717, 1.165) is 27.4 Å². The molecule has 0 aromatic heterocycles. The number of hydrogen-bond acceptors (Lipinski definition) is 9. The number of methoxy groups -OCH3 is 2. The molecule has 1 saturated heterocycles. The number of rotatable bonds is 6. The maximum Gasteiger partial charge on any atom is 0.432 e. The zero-order valence-corrected chi connectivity index (χ0v) is 20.5. The predicted molar refractivity (Wildman–Crippen MR) is 130 cm³/mol. The van der Waals surface area contributed by atoms with Gasteiger partial charge in [0, 0.05) is 0 Å². The van der Waals surface area contributed by atoms with E-state index in [-0.39, 0.29) is 12.2 Å². The number of nitro groups is 1. The van der Waals surface area contributed by atoms with Crippen molar-refractivity contribution >= 4 is 27.4 Å². The molecule has 3 heterocycles. The third-order valence-corrected chi connectivity index (χ3v) is 7.21. The van der Waals surface area contributed by atoms with Crippen molar-refractivity contribution in [3.05, 3.63) is 86.2 Å². The molecule has 10 nitrogen and oxygen atoms in total. The number of carbonyl (C=O) groups is 1. The molecule has 2 aromatic carbocycles. The topological polar surface area (TPSA) is 115 Å². The molecule has 0 radical (unpaired) electrons. The quantitative estimate of drug-likeness (QED) is 0.419. The Kier molecular flexibility index (Phi) is 6.22. The lowest BCUT2D eigenvalue weighted by Gasteiger charge is -2.43. The van der Waals surface area contributed by atoms with Crippen molar-refractivity contribution in [1.82, 2.24) is 15.8 Å². The molecule has 2 aromatic rings. The first kappa shape index (κ1) is 23.3. The molecule has 182 valence electrons. The number of halogens is 1. The summed E-state index contributed by atoms with van der Waals surface area (Å²) in [5, 5.41) is 16.7. The van der Waals surface area contributed by atoms with Crippen LogP contribution in [0, 0.1) is 10.1 Å². The monoisotopic (exact) mass is 542 g/mol. The summed E-state index contributed by atoms with van der Waals surface area (Å²) in [6, 6.07) is 14.8. The Hall–Kier alpha value is -3.41. The van der Waals surface area contributed by atoms with Gasteiger partial charge < -0.3 is 19.6 Å². The van der Waals surface area contributed by atoms with Crippen LogP contribution >= 0.6 is 15.9 Å². The van der Waals surface area contributed by atoms with E-state index >= 15 is 0 Å². The first-order valence-electron chi connectivity index (χ1n) is 11.0. The van der Waals surface area contributed by atoms with Crippen molar-refractivity contribution in [2.75, 3.05) is 14.2 Å². The van der Waals surface area contributed by atoms with Crippen LogP contribution in [0.25, 0.3) is 5.70 Å². The molecule has 0 spiro atoms. The van der Waals surface area contributed by atoms with Crippen molar-refractivity contribution < 1.29 is 23.9 Å². The third-order valence-electron chi connectivity index (χ3n) is 6.38. The van der Waals surface area contributed by atoms with Crippen LogP contribution < -0.4 is 20.2 Å². The molecule has 0 amide bonds. The molecule has 5 rings (SSSR count). The molecule has 2 N–H and O–H groups in total. The molecular weight excluding hydrogens is 520 g/mol. The minimum Gasteiger partial charge on any atom is -0.493 e. The third kappa shape index (κ3) is 4.15. The van der Waals surface area contributed by atoms with Gasteiger partial charge in [-0.1, -0.05) is 52.3 Å². The summed E-state index contributed by atoms with van der Waals surface area (Å²) >= 11 is 3.74. The smallest absolute Gasteiger partial charge is 0.432 e. The molecular formula is C24H23BrN4O6. The van der Waals surface area contributed by atoms with E-state index in [1.807, 2.05) is 48.5 Å². The molecule has 4 atom stereocenters. The Bertz CT molecular complexity index is 1230. The summed E-state index contributed by atoms with van der Waals surface area (Å²) in [5.41, 5.74) is 6.31. The predicted octanol–water partition coefficient (Wildman–Crippen LogP) is 3.10. The number of hydrazine groups is 1. The SMILES string of the molecule is COc1ccc(C2CC(C3OC([N+](=O)[O-])=CC3=O)NC3C(Br)=C(c4ccccc4)NN32)cc1OC. The summed E-state index contributed by atoms with van der Waals surface area (Å²) in [7, 11) is 3.15. The largest absolute Gasteiger partial charge is 0.493 e. The van der Waals surface area contributed by atoms with Crippen molar-refractivity contribution in [3.63, 3.8) is 0 Å². The number of nitrogens with zero attached hydrogens (tertiary/aromatic N) is 2. The van der Waals surface area contributed by atoms with Gasteiger partial charge in [-0.3, -0.25) is 20.2 Å². The molecule has 3 aliphatic rings. The summed E-state index contributed by atoms with van der Waals surface area (Å²) in [6.07, 6.45) is 0.0489. The van der Waals surface area contributed by atoms with Crippen LogP contribution in [0.4, 0.5) is 0 Å². The van der Waals surface area contributed by atoms with Crippen LogP contribution in [0.15, 0.2) is 65.0 Å². The van der Waals surface area contributed by atoms with E-state index in [4.69, 9.17) is 14.2 Å². The lowest BCUT2D eigenvalue weighted by atomic mass is 9.91. The highest BCUT2D eigenvalue weighted by Crippen LogP contribution is 2.43. The van der Waals surface area contributed by atoms with Gasteiger partial charge in [0.05, 0.1) is 36.5 Å². The van der Waals surface area contributed by atoms with Crippen molar-refractivity contribution in [2.24, 2.45) is 0 Å². The minimum absolute atomic E-state index is 0.226. The van der Waals surface area contributed by atoms with Gasteiger partial charge in [0.25, 0.3) is 0 Å². The van der Waals surface area contributed by atoms with E-state index in [0.29, 0.717) is 17.9 Å². The molecule has 0 aliphatic carbocycles. The number of fused-ring (bicyclic) bond motifs is 1. The fraction of sp³-hybridized carbons (Fsp3) is 0.292. The van der Waals surface area contributed by atoms with Gasteiger partial charge >= 0.3 is 5.88 Å². The van der Waals surface area contributed by atoms with Crippen molar-refractivity contribution in [3.8, 4) is 11.5 Å². The van der Waals surface area contributed by atoms with E-state index in [9.17, 15) is 14.9 Å². The Morgan fingerprint density at radius 3 is 2.54 bits per heavy atom. The molecule has 1 fully saturated rings. The minimum atomic E-state index is -0.999. The molecule has 4 unspecified atom stereocenters. The Morgan fingerprint density at radius 2 is 1.89 bits per heavy atom. The summed E-state index contributed by atoms with van der Waals surface area (Å²) in [6.45, 7) is 0. The number of benzene rings is 2. The molecule has 0 bridgehead atoms. The Labute approximate surface area is 209 Å². The van der Waals surface area contributed by atoms with Gasteiger partial charge in [0.15, 0.2) is 17.6 Å². The van der Waals surface area contributed by atoms with Crippen LogP contribution in [0.3, 0.4) is 0 Å². The average Bonchev–Trinajstić information content (AvgIpc) is 3.43. The van der Waals surface area contributed by atoms with Gasteiger partial charge in [-0.25, -0.2) is 0 Å². The van der Waals surface area contributed by atoms with Gasteiger partial charge in [-0.2, -0.15) is 5.01 Å². The van der Waals surface area contributed by atoms with Crippen LogP contribution in [0.1, 0.15) is 23.6 Å². The van der Waals surface area contributed by atoms with Crippen LogP contribution in [0.5, 0.6) is 11.5 Å². The fourth-order valence-electron chi connectivity index (χ4n) is 4.72. The van der Waals surface area contributed by atoms with E-state index in [2.05, 4.69) is 31.7 Å². The van der Waals surface area contributed by atoms with Gasteiger partial charge in [0.1, 0.15) is 17.2 Å². The maximum absolute atomic E-state index is 12.6. The molecule has 35 heavy (non-hydrogen) atoms. The second-order valence-corrected chi connectivity index (χ2v) is 9.18. The van der Waals surface area contributed by atoms with Gasteiger partial charge in [-0.15, -0.1) is 0 Å². The standard InChI is InChI=1S/C24H23BrN4O6/c1-33-18-9-8-14(10-19(18)34-2)16-11-15(23-17(30)12-20(35-23)29(31)32)26-24-21(25)22(27-28(16)24)13-6-4-3-5-7-13/h3-10,12,15-16,23-24,26-27H,11H2,1-2H3. The fourth-order valence-corrected chi connectivity index (χ4v) is 5.39. The summed E-state index contributed by atoms with van der Waals surface area (Å²) in [4.78, 5) is 23.2. The molecule has 3 aliphatic heterocycles. The second kappa shape index (κ2) is 9.33. The number of nitrogens with one attached hydrogen (secondary N) is 2. The highest BCUT2D eigenvalue weighted by atomic mass is 79.9. The zero-order chi connectivity index (χ0) is 24.7. The first-order valence-corrected chi connectivity index (χ1v) is 11.7.